The topological polar surface area (TPSA) is 46.3 Å². The molecule has 0 radical (unpaired) electrons. The maximum absolute atomic E-state index is 13.0. The van der Waals surface area contributed by atoms with Crippen LogP contribution < -0.4 is 0 Å². The minimum atomic E-state index is -0.264. The molecule has 128 valence electrons. The fourth-order valence-electron chi connectivity index (χ4n) is 2.71. The van der Waals surface area contributed by atoms with Crippen LogP contribution in [0.15, 0.2) is 58.2 Å². The normalized spacial score (nSPS) is 14.0. The van der Waals surface area contributed by atoms with Crippen molar-refractivity contribution in [2.75, 3.05) is 5.75 Å². The number of nitrogens with zero attached hydrogens (tertiary/aromatic N) is 2. The minimum absolute atomic E-state index is 0.0547. The summed E-state index contributed by atoms with van der Waals surface area (Å²) < 4.78 is 18.7. The molecule has 0 bridgehead atoms. The summed E-state index contributed by atoms with van der Waals surface area (Å²) in [7, 11) is 0. The number of halogens is 1. The minimum Gasteiger partial charge on any atom is -0.431 e. The average molecular weight is 356 g/mol. The predicted octanol–water partition coefficient (Wildman–Crippen LogP) is 4.25. The Hall–Kier alpha value is -2.34. The van der Waals surface area contributed by atoms with E-state index in [1.165, 1.54) is 23.9 Å². The molecule has 4 rings (SSSR count). The third-order valence-electron chi connectivity index (χ3n) is 4.17. The second-order valence-corrected chi connectivity index (χ2v) is 7.04. The van der Waals surface area contributed by atoms with E-state index in [9.17, 15) is 9.18 Å². The highest BCUT2D eigenvalue weighted by Gasteiger charge is 2.32. The number of hydrogen-bond acceptors (Lipinski definition) is 4. The molecule has 3 aromatic rings. The van der Waals surface area contributed by atoms with E-state index in [0.717, 1.165) is 29.5 Å². The Kier molecular flexibility index (Phi) is 4.44. The Bertz CT molecular complexity index is 857. The van der Waals surface area contributed by atoms with Gasteiger partial charge in [0.25, 0.3) is 5.22 Å². The molecule has 0 aliphatic heterocycles. The molecule has 1 saturated carbocycles. The molecule has 0 atom stereocenters. The summed E-state index contributed by atoms with van der Waals surface area (Å²) in [6.07, 6.45) is 2.06. The summed E-state index contributed by atoms with van der Waals surface area (Å²) in [5.74, 6) is 0.0727. The molecule has 6 heteroatoms. The molecule has 2 aromatic carbocycles. The highest BCUT2D eigenvalue weighted by Crippen LogP contribution is 2.30. The number of fused-ring (bicyclic) bond motifs is 1. The van der Waals surface area contributed by atoms with Gasteiger partial charge < -0.3 is 9.32 Å². The van der Waals surface area contributed by atoms with Crippen molar-refractivity contribution in [3.05, 3.63) is 59.9 Å². The molecule has 1 aliphatic carbocycles. The number of amides is 1. The first-order chi connectivity index (χ1) is 12.2. The third kappa shape index (κ3) is 3.85. The fourth-order valence-corrected chi connectivity index (χ4v) is 3.44. The quantitative estimate of drug-likeness (QED) is 0.620. The number of carbonyl (C=O) groups excluding carboxylic acids is 1. The Morgan fingerprint density at radius 1 is 1.20 bits per heavy atom. The molecule has 1 amide bonds. The average Bonchev–Trinajstić information content (AvgIpc) is 3.37. The second-order valence-electron chi connectivity index (χ2n) is 6.12. The number of oxazole rings is 1. The summed E-state index contributed by atoms with van der Waals surface area (Å²) in [5.41, 5.74) is 2.46. The number of carbonyl (C=O) groups is 1. The zero-order valence-electron chi connectivity index (χ0n) is 13.5. The summed E-state index contributed by atoms with van der Waals surface area (Å²) in [6, 6.07) is 14.1. The van der Waals surface area contributed by atoms with E-state index >= 15 is 0 Å². The van der Waals surface area contributed by atoms with Gasteiger partial charge in [0.05, 0.1) is 5.75 Å². The lowest BCUT2D eigenvalue weighted by Gasteiger charge is -2.22. The monoisotopic (exact) mass is 356 g/mol. The van der Waals surface area contributed by atoms with E-state index in [1.807, 2.05) is 29.2 Å². The van der Waals surface area contributed by atoms with E-state index in [0.29, 0.717) is 17.8 Å². The SMILES string of the molecule is O=C(CSc1nc2ccccc2o1)N(Cc1ccc(F)cc1)C1CC1. The zero-order valence-corrected chi connectivity index (χ0v) is 14.3. The molecule has 25 heavy (non-hydrogen) atoms. The van der Waals surface area contributed by atoms with E-state index in [2.05, 4.69) is 4.98 Å². The van der Waals surface area contributed by atoms with Crippen LogP contribution >= 0.6 is 11.8 Å². The smallest absolute Gasteiger partial charge is 0.257 e. The van der Waals surface area contributed by atoms with Crippen LogP contribution in [0.25, 0.3) is 11.1 Å². The summed E-state index contributed by atoms with van der Waals surface area (Å²) in [6.45, 7) is 0.512. The molecule has 0 unspecified atom stereocenters. The van der Waals surface area contributed by atoms with Crippen LogP contribution in [0, 0.1) is 5.82 Å². The van der Waals surface area contributed by atoms with Gasteiger partial charge in [0.2, 0.25) is 5.91 Å². The number of hydrogen-bond donors (Lipinski definition) is 0. The molecule has 1 aliphatic rings. The molecule has 1 aromatic heterocycles. The standard InChI is InChI=1S/C19H17FN2O2S/c20-14-7-5-13(6-8-14)11-22(15-9-10-15)18(23)12-25-19-21-16-3-1-2-4-17(16)24-19/h1-8,15H,9-12H2. The van der Waals surface area contributed by atoms with Gasteiger partial charge in [0.15, 0.2) is 5.58 Å². The molecular formula is C19H17FN2O2S. The van der Waals surface area contributed by atoms with Crippen LogP contribution in [-0.2, 0) is 11.3 Å². The number of aromatic nitrogens is 1. The van der Waals surface area contributed by atoms with Gasteiger partial charge in [-0.05, 0) is 42.7 Å². The van der Waals surface area contributed by atoms with Crippen LogP contribution in [0.3, 0.4) is 0 Å². The van der Waals surface area contributed by atoms with Crippen molar-refractivity contribution in [1.82, 2.24) is 9.88 Å². The van der Waals surface area contributed by atoms with Gasteiger partial charge in [-0.15, -0.1) is 0 Å². The molecule has 1 heterocycles. The van der Waals surface area contributed by atoms with Gasteiger partial charge in [-0.1, -0.05) is 36.0 Å². The number of thioether (sulfide) groups is 1. The Labute approximate surface area is 149 Å². The third-order valence-corrected chi connectivity index (χ3v) is 4.98. The van der Waals surface area contributed by atoms with E-state index in [1.54, 1.807) is 12.1 Å². The summed E-state index contributed by atoms with van der Waals surface area (Å²) in [4.78, 5) is 18.9. The Morgan fingerprint density at radius 3 is 2.68 bits per heavy atom. The van der Waals surface area contributed by atoms with Crippen molar-refractivity contribution < 1.29 is 13.6 Å². The molecule has 1 fully saturated rings. The Balaban J connectivity index is 1.41. The highest BCUT2D eigenvalue weighted by molar-refractivity contribution is 7.99. The van der Waals surface area contributed by atoms with Crippen LogP contribution in [0.2, 0.25) is 0 Å². The van der Waals surface area contributed by atoms with Gasteiger partial charge in [0, 0.05) is 12.6 Å². The lowest BCUT2D eigenvalue weighted by atomic mass is 10.2. The number of benzene rings is 2. The second kappa shape index (κ2) is 6.88. The van der Waals surface area contributed by atoms with Crippen molar-refractivity contribution in [3.63, 3.8) is 0 Å². The van der Waals surface area contributed by atoms with Crippen LogP contribution in [0.1, 0.15) is 18.4 Å². The van der Waals surface area contributed by atoms with Crippen molar-refractivity contribution in [3.8, 4) is 0 Å². The van der Waals surface area contributed by atoms with Crippen LogP contribution in [-0.4, -0.2) is 27.6 Å². The van der Waals surface area contributed by atoms with E-state index in [4.69, 9.17) is 4.42 Å². The summed E-state index contributed by atoms with van der Waals surface area (Å²) >= 11 is 1.31. The first-order valence-electron chi connectivity index (χ1n) is 8.21. The maximum atomic E-state index is 13.0. The van der Waals surface area contributed by atoms with Gasteiger partial charge in [-0.25, -0.2) is 9.37 Å². The van der Waals surface area contributed by atoms with Gasteiger partial charge in [0.1, 0.15) is 11.3 Å². The molecule has 0 N–H and O–H groups in total. The zero-order chi connectivity index (χ0) is 17.2. The van der Waals surface area contributed by atoms with Crippen molar-refractivity contribution in [1.29, 1.82) is 0 Å². The summed E-state index contributed by atoms with van der Waals surface area (Å²) in [5, 5.41) is 0.507. The fraction of sp³-hybridized carbons (Fsp3) is 0.263. The molecular weight excluding hydrogens is 339 g/mol. The maximum Gasteiger partial charge on any atom is 0.257 e. The number of rotatable bonds is 6. The Morgan fingerprint density at radius 2 is 1.96 bits per heavy atom. The van der Waals surface area contributed by atoms with Crippen molar-refractivity contribution in [2.24, 2.45) is 0 Å². The lowest BCUT2D eigenvalue weighted by Crippen LogP contribution is -2.33. The highest BCUT2D eigenvalue weighted by atomic mass is 32.2. The van der Waals surface area contributed by atoms with Crippen LogP contribution in [0.5, 0.6) is 0 Å². The van der Waals surface area contributed by atoms with Gasteiger partial charge in [-0.3, -0.25) is 4.79 Å². The van der Waals surface area contributed by atoms with E-state index in [-0.39, 0.29) is 17.5 Å². The van der Waals surface area contributed by atoms with Gasteiger partial charge in [-0.2, -0.15) is 0 Å². The van der Waals surface area contributed by atoms with E-state index < -0.39 is 0 Å². The molecule has 4 nitrogen and oxygen atoms in total. The van der Waals surface area contributed by atoms with Gasteiger partial charge >= 0.3 is 0 Å². The first kappa shape index (κ1) is 16.1. The molecule has 0 spiro atoms. The first-order valence-corrected chi connectivity index (χ1v) is 9.20. The molecule has 0 saturated heterocycles. The lowest BCUT2D eigenvalue weighted by molar-refractivity contribution is -0.129. The number of para-hydroxylation sites is 2. The predicted molar refractivity (Wildman–Crippen MR) is 94.7 cm³/mol. The largest absolute Gasteiger partial charge is 0.431 e. The van der Waals surface area contributed by atoms with Crippen molar-refractivity contribution >= 4 is 28.8 Å². The van der Waals surface area contributed by atoms with Crippen molar-refractivity contribution in [2.45, 2.75) is 30.7 Å². The van der Waals surface area contributed by atoms with Crippen LogP contribution in [0.4, 0.5) is 4.39 Å².